The first-order valence-electron chi connectivity index (χ1n) is 18.4. The molecule has 6 heteroatoms. The lowest BCUT2D eigenvalue weighted by Crippen LogP contribution is -2.04. The second-order valence-corrected chi connectivity index (χ2v) is 15.1. The van der Waals surface area contributed by atoms with Gasteiger partial charge in [-0.3, -0.25) is 0 Å². The minimum atomic E-state index is 0.591. The first kappa shape index (κ1) is 30.3. The predicted octanol–water partition coefficient (Wildman–Crippen LogP) is 13.4. The molecule has 0 atom stereocenters. The minimum Gasteiger partial charge on any atom is -0.456 e. The van der Waals surface area contributed by atoms with Gasteiger partial charge >= 0.3 is 0 Å². The molecule has 0 N–H and O–H groups in total. The molecule has 0 spiro atoms. The number of benzene rings is 8. The van der Waals surface area contributed by atoms with E-state index >= 15 is 0 Å². The van der Waals surface area contributed by atoms with Crippen molar-refractivity contribution < 1.29 is 4.42 Å². The Hall–Kier alpha value is -7.15. The molecular formula is C49H28N4OS. The van der Waals surface area contributed by atoms with E-state index in [9.17, 15) is 0 Å². The standard InChI is InChI=1S/C49H28N4OS/c1-2-12-29(13-3-1)47-50-48(32-22-25-44-38(27-32)34-17-8-11-21-43(34)55-44)52-49(51-47)36-23-24-42-45(35-18-7-10-20-41(35)54-42)46(36)53-39-19-9-6-16-33(39)37-26-30-14-4-5-15-31(30)28-40(37)53/h1-28H. The molecule has 0 aliphatic heterocycles. The molecule has 8 aromatic carbocycles. The van der Waals surface area contributed by atoms with Crippen molar-refractivity contribution >= 4 is 86.0 Å². The minimum absolute atomic E-state index is 0.591. The molecule has 0 aliphatic carbocycles. The number of hydrogen-bond donors (Lipinski definition) is 0. The summed E-state index contributed by atoms with van der Waals surface area (Å²) >= 11 is 1.81. The van der Waals surface area contributed by atoms with E-state index < -0.39 is 0 Å². The molecule has 256 valence electrons. The van der Waals surface area contributed by atoms with Crippen LogP contribution in [0.15, 0.2) is 174 Å². The molecule has 0 aliphatic rings. The lowest BCUT2D eigenvalue weighted by atomic mass is 10.0. The smallest absolute Gasteiger partial charge is 0.166 e. The van der Waals surface area contributed by atoms with Crippen LogP contribution in [0.4, 0.5) is 0 Å². The number of nitrogens with zero attached hydrogens (tertiary/aromatic N) is 4. The molecule has 0 fully saturated rings. The van der Waals surface area contributed by atoms with Crippen LogP contribution in [0.2, 0.25) is 0 Å². The zero-order valence-corrected chi connectivity index (χ0v) is 30.1. The van der Waals surface area contributed by atoms with Crippen LogP contribution in [0, 0.1) is 0 Å². The summed E-state index contributed by atoms with van der Waals surface area (Å²) in [5.41, 5.74) is 7.56. The van der Waals surface area contributed by atoms with Crippen LogP contribution in [0.5, 0.6) is 0 Å². The second-order valence-electron chi connectivity index (χ2n) is 14.0. The van der Waals surface area contributed by atoms with Gasteiger partial charge in [0.25, 0.3) is 0 Å². The van der Waals surface area contributed by atoms with Gasteiger partial charge in [-0.1, -0.05) is 109 Å². The molecule has 0 amide bonds. The molecule has 0 saturated heterocycles. The highest BCUT2D eigenvalue weighted by atomic mass is 32.1. The van der Waals surface area contributed by atoms with E-state index in [-0.39, 0.29) is 0 Å². The lowest BCUT2D eigenvalue weighted by Gasteiger charge is -2.16. The number of fused-ring (bicyclic) bond motifs is 10. The van der Waals surface area contributed by atoms with Gasteiger partial charge in [0, 0.05) is 53.0 Å². The fourth-order valence-corrected chi connectivity index (χ4v) is 9.40. The first-order chi connectivity index (χ1) is 27.2. The van der Waals surface area contributed by atoms with Crippen LogP contribution in [-0.2, 0) is 0 Å². The lowest BCUT2D eigenvalue weighted by molar-refractivity contribution is 0.669. The summed E-state index contributed by atoms with van der Waals surface area (Å²) in [6, 6.07) is 59.6. The van der Waals surface area contributed by atoms with E-state index in [0.717, 1.165) is 55.3 Å². The second kappa shape index (κ2) is 11.7. The molecule has 5 nitrogen and oxygen atoms in total. The van der Waals surface area contributed by atoms with Gasteiger partial charge in [-0.2, -0.15) is 0 Å². The van der Waals surface area contributed by atoms with Crippen LogP contribution in [-0.4, -0.2) is 19.5 Å². The Morgan fingerprint density at radius 2 is 1.09 bits per heavy atom. The van der Waals surface area contributed by atoms with Crippen molar-refractivity contribution in [3.63, 3.8) is 0 Å². The normalized spacial score (nSPS) is 12.0. The third kappa shape index (κ3) is 4.62. The molecule has 0 radical (unpaired) electrons. The van der Waals surface area contributed by atoms with Gasteiger partial charge in [-0.05, 0) is 71.4 Å². The van der Waals surface area contributed by atoms with Gasteiger partial charge in [0.1, 0.15) is 11.2 Å². The highest BCUT2D eigenvalue weighted by molar-refractivity contribution is 7.25. The Bertz CT molecular complexity index is 3500. The summed E-state index contributed by atoms with van der Waals surface area (Å²) in [5.74, 6) is 1.83. The van der Waals surface area contributed by atoms with Crippen LogP contribution in [0.1, 0.15) is 0 Å². The Labute approximate surface area is 318 Å². The Morgan fingerprint density at radius 3 is 1.96 bits per heavy atom. The first-order valence-corrected chi connectivity index (χ1v) is 19.2. The average Bonchev–Trinajstić information content (AvgIpc) is 3.92. The maximum atomic E-state index is 6.57. The van der Waals surface area contributed by atoms with Crippen molar-refractivity contribution in [2.45, 2.75) is 0 Å². The van der Waals surface area contributed by atoms with Gasteiger partial charge < -0.3 is 8.98 Å². The Balaban J connectivity index is 1.21. The number of para-hydroxylation sites is 2. The summed E-state index contributed by atoms with van der Waals surface area (Å²) < 4.78 is 11.5. The number of hydrogen-bond acceptors (Lipinski definition) is 5. The third-order valence-electron chi connectivity index (χ3n) is 10.8. The maximum absolute atomic E-state index is 6.57. The van der Waals surface area contributed by atoms with Crippen molar-refractivity contribution in [1.29, 1.82) is 0 Å². The Kier molecular flexibility index (Phi) is 6.44. The van der Waals surface area contributed by atoms with Gasteiger partial charge in [-0.25, -0.2) is 15.0 Å². The summed E-state index contributed by atoms with van der Waals surface area (Å²) in [7, 11) is 0. The third-order valence-corrected chi connectivity index (χ3v) is 12.0. The maximum Gasteiger partial charge on any atom is 0.166 e. The molecule has 55 heavy (non-hydrogen) atoms. The van der Waals surface area contributed by atoms with Crippen molar-refractivity contribution in [2.75, 3.05) is 0 Å². The molecule has 12 aromatic rings. The molecular weight excluding hydrogens is 693 g/mol. The fourth-order valence-electron chi connectivity index (χ4n) is 8.31. The van der Waals surface area contributed by atoms with Crippen molar-refractivity contribution in [3.8, 4) is 39.9 Å². The van der Waals surface area contributed by atoms with Crippen molar-refractivity contribution in [2.24, 2.45) is 0 Å². The highest BCUT2D eigenvalue weighted by Gasteiger charge is 2.24. The van der Waals surface area contributed by atoms with E-state index in [4.69, 9.17) is 19.4 Å². The van der Waals surface area contributed by atoms with Gasteiger partial charge in [0.2, 0.25) is 0 Å². The van der Waals surface area contributed by atoms with Gasteiger partial charge in [0.05, 0.1) is 22.1 Å². The van der Waals surface area contributed by atoms with E-state index in [0.29, 0.717) is 17.5 Å². The monoisotopic (exact) mass is 720 g/mol. The Morgan fingerprint density at radius 1 is 0.418 bits per heavy atom. The van der Waals surface area contributed by atoms with E-state index in [2.05, 4.69) is 144 Å². The summed E-state index contributed by atoms with van der Waals surface area (Å²) in [6.07, 6.45) is 0. The number of rotatable bonds is 4. The molecule has 0 saturated carbocycles. The van der Waals surface area contributed by atoms with Gasteiger partial charge in [0.15, 0.2) is 17.5 Å². The van der Waals surface area contributed by atoms with Gasteiger partial charge in [-0.15, -0.1) is 11.3 Å². The molecule has 12 rings (SSSR count). The van der Waals surface area contributed by atoms with Crippen LogP contribution < -0.4 is 0 Å². The topological polar surface area (TPSA) is 56.7 Å². The van der Waals surface area contributed by atoms with E-state index in [1.165, 1.54) is 41.7 Å². The summed E-state index contributed by atoms with van der Waals surface area (Å²) in [4.78, 5) is 15.8. The molecule has 4 aromatic heterocycles. The SMILES string of the molecule is c1ccc(-c2nc(-c3ccc4sc5ccccc5c4c3)nc(-c3ccc4oc5ccccc5c4c3-n3c4ccccc4c4cc5ccccc5cc43)n2)cc1. The van der Waals surface area contributed by atoms with Crippen molar-refractivity contribution in [1.82, 2.24) is 19.5 Å². The molecule has 0 bridgehead atoms. The highest BCUT2D eigenvalue weighted by Crippen LogP contribution is 2.44. The number of thiophene rings is 1. The quantitative estimate of drug-likeness (QED) is 0.182. The largest absolute Gasteiger partial charge is 0.456 e. The zero-order chi connectivity index (χ0) is 36.0. The zero-order valence-electron chi connectivity index (χ0n) is 29.3. The van der Waals surface area contributed by atoms with E-state index in [1.807, 2.05) is 30.3 Å². The number of aromatic nitrogens is 4. The average molecular weight is 721 g/mol. The summed E-state index contributed by atoms with van der Waals surface area (Å²) in [5, 5.41) is 9.22. The molecule has 0 unspecified atom stereocenters. The number of furan rings is 1. The predicted molar refractivity (Wildman–Crippen MR) is 228 cm³/mol. The van der Waals surface area contributed by atoms with E-state index in [1.54, 1.807) is 11.3 Å². The summed E-state index contributed by atoms with van der Waals surface area (Å²) in [6.45, 7) is 0. The fraction of sp³-hybridized carbons (Fsp3) is 0. The van der Waals surface area contributed by atoms with Crippen molar-refractivity contribution in [3.05, 3.63) is 170 Å². The molecule has 4 heterocycles. The van der Waals surface area contributed by atoms with Crippen LogP contribution in [0.25, 0.3) is 115 Å². The van der Waals surface area contributed by atoms with Crippen LogP contribution >= 0.6 is 11.3 Å². The van der Waals surface area contributed by atoms with Crippen LogP contribution in [0.3, 0.4) is 0 Å².